The molecule has 0 bridgehead atoms. The number of nitro groups is 2. The van der Waals surface area contributed by atoms with E-state index < -0.39 is 28.1 Å². The number of nitrogens with zero attached hydrogens (tertiary/aromatic N) is 3. The Kier molecular flexibility index (Phi) is 3.11. The fourth-order valence-corrected chi connectivity index (χ4v) is 1.96. The second-order valence-corrected chi connectivity index (χ2v) is 3.99. The monoisotopic (exact) mass is 329 g/mol. The van der Waals surface area contributed by atoms with Gasteiger partial charge in [0.25, 0.3) is 0 Å². The molecule has 1 fully saturated rings. The van der Waals surface area contributed by atoms with E-state index in [-0.39, 0.29) is 10.3 Å². The molecule has 0 saturated carbocycles. The lowest BCUT2D eigenvalue weighted by Gasteiger charge is -2.42. The van der Waals surface area contributed by atoms with Crippen LogP contribution in [0.3, 0.4) is 0 Å². The van der Waals surface area contributed by atoms with Gasteiger partial charge in [-0.1, -0.05) is 22.6 Å². The van der Waals surface area contributed by atoms with Crippen LogP contribution in [0, 0.1) is 20.2 Å². The van der Waals surface area contributed by atoms with Crippen LogP contribution in [0.4, 0.5) is 0 Å². The van der Waals surface area contributed by atoms with Gasteiger partial charge in [-0.2, -0.15) is 0 Å². The zero-order valence-electron chi connectivity index (χ0n) is 7.75. The van der Waals surface area contributed by atoms with Crippen LogP contribution in [-0.2, 0) is 4.79 Å². The van der Waals surface area contributed by atoms with Crippen molar-refractivity contribution in [2.45, 2.75) is 18.6 Å². The summed E-state index contributed by atoms with van der Waals surface area (Å²) in [5.74, 6) is -0.317. The molecule has 1 heterocycles. The fourth-order valence-electron chi connectivity index (χ4n) is 1.53. The number of carbonyl (C=O) groups excluding carboxylic acids is 1. The van der Waals surface area contributed by atoms with Gasteiger partial charge >= 0.3 is 5.66 Å². The van der Waals surface area contributed by atoms with Gasteiger partial charge < -0.3 is 4.90 Å². The Bertz CT molecular complexity index is 319. The molecule has 0 aromatic carbocycles. The molecule has 1 atom stereocenters. The Morgan fingerprint density at radius 2 is 2.00 bits per heavy atom. The summed E-state index contributed by atoms with van der Waals surface area (Å²) < 4.78 is 0.160. The van der Waals surface area contributed by atoms with E-state index >= 15 is 0 Å². The minimum Gasteiger partial charge on any atom is -0.311 e. The SMILES string of the molecule is CC1N(C(=O)CI)CC1([N+](=O)[O-])[N+](=O)[O-]. The molecule has 1 unspecified atom stereocenters. The van der Waals surface area contributed by atoms with Gasteiger partial charge in [-0.25, -0.2) is 0 Å². The summed E-state index contributed by atoms with van der Waals surface area (Å²) in [7, 11) is 0. The lowest BCUT2D eigenvalue weighted by molar-refractivity contribution is -0.817. The van der Waals surface area contributed by atoms with E-state index in [0.717, 1.165) is 4.90 Å². The van der Waals surface area contributed by atoms with Crippen molar-refractivity contribution in [2.24, 2.45) is 0 Å². The molecular formula is C6H8IN3O5. The maximum atomic E-state index is 11.2. The van der Waals surface area contributed by atoms with Gasteiger partial charge in [0, 0.05) is 0 Å². The first-order valence-electron chi connectivity index (χ1n) is 4.02. The van der Waals surface area contributed by atoms with E-state index in [0.29, 0.717) is 0 Å². The smallest absolute Gasteiger partial charge is 0.311 e. The number of halogens is 1. The third-order valence-corrected chi connectivity index (χ3v) is 3.26. The number of rotatable bonds is 3. The Labute approximate surface area is 98.0 Å². The molecule has 0 N–H and O–H groups in total. The van der Waals surface area contributed by atoms with Crippen LogP contribution >= 0.6 is 22.6 Å². The van der Waals surface area contributed by atoms with Gasteiger partial charge in [0.15, 0.2) is 12.6 Å². The molecular weight excluding hydrogens is 321 g/mol. The Morgan fingerprint density at radius 3 is 2.27 bits per heavy atom. The first-order chi connectivity index (χ1) is 6.87. The van der Waals surface area contributed by atoms with E-state index in [9.17, 15) is 25.0 Å². The van der Waals surface area contributed by atoms with Crippen LogP contribution in [0.15, 0.2) is 0 Å². The minimum absolute atomic E-state index is 0.160. The predicted molar refractivity (Wildman–Crippen MR) is 56.8 cm³/mol. The molecule has 0 aliphatic carbocycles. The number of amides is 1. The van der Waals surface area contributed by atoms with Crippen LogP contribution in [0.25, 0.3) is 0 Å². The Hall–Kier alpha value is -1.00. The first kappa shape index (κ1) is 12.1. The molecule has 0 aromatic heterocycles. The van der Waals surface area contributed by atoms with Crippen LogP contribution < -0.4 is 0 Å². The number of hydrogen-bond acceptors (Lipinski definition) is 5. The minimum atomic E-state index is -2.22. The number of likely N-dealkylation sites (tertiary alicyclic amines) is 1. The van der Waals surface area contributed by atoms with E-state index in [1.54, 1.807) is 0 Å². The summed E-state index contributed by atoms with van der Waals surface area (Å²) in [5, 5.41) is 21.3. The van der Waals surface area contributed by atoms with Crippen molar-refractivity contribution >= 4 is 28.5 Å². The molecule has 1 saturated heterocycles. The average molecular weight is 329 g/mol. The highest BCUT2D eigenvalue weighted by molar-refractivity contribution is 14.1. The van der Waals surface area contributed by atoms with Gasteiger partial charge in [-0.05, 0) is 6.92 Å². The first-order valence-corrected chi connectivity index (χ1v) is 5.55. The highest BCUT2D eigenvalue weighted by atomic mass is 127. The molecule has 1 rings (SSSR count). The zero-order valence-corrected chi connectivity index (χ0v) is 9.91. The molecule has 0 radical (unpaired) electrons. The standard InChI is InChI=1S/C6H8IN3O5/c1-4-6(9(12)13,10(14)15)3-8(4)5(11)2-7/h4H,2-3H2,1H3. The normalized spacial score (nSPS) is 23.1. The van der Waals surface area contributed by atoms with Crippen molar-refractivity contribution in [3.05, 3.63) is 20.2 Å². The van der Waals surface area contributed by atoms with E-state index in [1.807, 2.05) is 22.6 Å². The molecule has 1 aliphatic rings. The van der Waals surface area contributed by atoms with Crippen molar-refractivity contribution in [3.8, 4) is 0 Å². The molecule has 15 heavy (non-hydrogen) atoms. The van der Waals surface area contributed by atoms with Gasteiger partial charge in [0.2, 0.25) is 5.91 Å². The topological polar surface area (TPSA) is 107 Å². The fraction of sp³-hybridized carbons (Fsp3) is 0.833. The van der Waals surface area contributed by atoms with Crippen LogP contribution in [0.1, 0.15) is 6.92 Å². The molecule has 9 heteroatoms. The second kappa shape index (κ2) is 3.87. The Balaban J connectivity index is 2.89. The lowest BCUT2D eigenvalue weighted by Crippen LogP contribution is -2.76. The van der Waals surface area contributed by atoms with Gasteiger partial charge in [-0.15, -0.1) is 0 Å². The van der Waals surface area contributed by atoms with Crippen LogP contribution in [0.5, 0.6) is 0 Å². The van der Waals surface area contributed by atoms with E-state index in [1.165, 1.54) is 6.92 Å². The van der Waals surface area contributed by atoms with Crippen molar-refractivity contribution in [3.63, 3.8) is 0 Å². The number of hydrogen-bond donors (Lipinski definition) is 0. The van der Waals surface area contributed by atoms with Crippen molar-refractivity contribution in [1.82, 2.24) is 4.90 Å². The Morgan fingerprint density at radius 1 is 1.53 bits per heavy atom. The largest absolute Gasteiger partial charge is 0.494 e. The molecule has 1 aliphatic heterocycles. The summed E-state index contributed by atoms with van der Waals surface area (Å²) in [6, 6.07) is -0.996. The molecule has 0 spiro atoms. The molecule has 84 valence electrons. The maximum absolute atomic E-state index is 11.2. The van der Waals surface area contributed by atoms with Crippen molar-refractivity contribution in [2.75, 3.05) is 11.0 Å². The second-order valence-electron chi connectivity index (χ2n) is 3.22. The molecule has 8 nitrogen and oxygen atoms in total. The number of alkyl halides is 1. The molecule has 1 amide bonds. The average Bonchev–Trinajstić information content (AvgIpc) is 2.14. The summed E-state index contributed by atoms with van der Waals surface area (Å²) in [6.45, 7) is 0.870. The number of carbonyl (C=O) groups is 1. The third kappa shape index (κ3) is 1.54. The van der Waals surface area contributed by atoms with Crippen LogP contribution in [-0.4, -0.2) is 43.3 Å². The summed E-state index contributed by atoms with van der Waals surface area (Å²) >= 11 is 1.81. The zero-order chi connectivity index (χ0) is 11.8. The van der Waals surface area contributed by atoms with E-state index in [2.05, 4.69) is 0 Å². The summed E-state index contributed by atoms with van der Waals surface area (Å²) in [6.07, 6.45) is 0. The predicted octanol–water partition coefficient (Wildman–Crippen LogP) is -0.0982. The van der Waals surface area contributed by atoms with Gasteiger partial charge in [-0.3, -0.25) is 25.0 Å². The van der Waals surface area contributed by atoms with Crippen molar-refractivity contribution < 1.29 is 14.6 Å². The highest BCUT2D eigenvalue weighted by Crippen LogP contribution is 2.32. The van der Waals surface area contributed by atoms with E-state index in [4.69, 9.17) is 0 Å². The summed E-state index contributed by atoms with van der Waals surface area (Å²) in [4.78, 5) is 31.8. The molecule has 0 aromatic rings. The van der Waals surface area contributed by atoms with Gasteiger partial charge in [0.05, 0.1) is 4.43 Å². The van der Waals surface area contributed by atoms with Crippen molar-refractivity contribution in [1.29, 1.82) is 0 Å². The summed E-state index contributed by atoms with van der Waals surface area (Å²) in [5.41, 5.74) is -2.22. The van der Waals surface area contributed by atoms with Crippen LogP contribution in [0.2, 0.25) is 0 Å². The maximum Gasteiger partial charge on any atom is 0.494 e. The highest BCUT2D eigenvalue weighted by Gasteiger charge is 2.73. The lowest BCUT2D eigenvalue weighted by atomic mass is 9.91. The van der Waals surface area contributed by atoms with Gasteiger partial charge in [0.1, 0.15) is 9.85 Å². The quantitative estimate of drug-likeness (QED) is 0.236. The third-order valence-electron chi connectivity index (χ3n) is 2.61.